The van der Waals surface area contributed by atoms with Crippen molar-refractivity contribution in [1.82, 2.24) is 19.9 Å². The number of halogens is 2. The first-order chi connectivity index (χ1) is 16.4. The molecule has 0 aliphatic rings. The second-order valence-electron chi connectivity index (χ2n) is 7.67. The third-order valence-electron chi connectivity index (χ3n) is 5.63. The molecule has 8 heteroatoms. The number of nitrogens with one attached hydrogen (secondary N) is 1. The molecular weight excluding hydrogens is 436 g/mol. The van der Waals surface area contributed by atoms with Gasteiger partial charge < -0.3 is 10.7 Å². The summed E-state index contributed by atoms with van der Waals surface area (Å²) in [7, 11) is 0. The zero-order valence-electron chi connectivity index (χ0n) is 18.8. The summed E-state index contributed by atoms with van der Waals surface area (Å²) < 4.78 is 28.7. The van der Waals surface area contributed by atoms with Crippen molar-refractivity contribution in [2.75, 3.05) is 25.4 Å². The number of pyridine rings is 2. The summed E-state index contributed by atoms with van der Waals surface area (Å²) in [6.45, 7) is 6.74. The molecule has 6 nitrogen and oxygen atoms in total. The van der Waals surface area contributed by atoms with Crippen LogP contribution < -0.4 is 5.73 Å². The molecule has 34 heavy (non-hydrogen) atoms. The Labute approximate surface area is 195 Å². The number of fused-ring (bicyclic) bond motifs is 1. The van der Waals surface area contributed by atoms with E-state index in [1.54, 1.807) is 18.5 Å². The molecule has 4 rings (SSSR count). The Balaban J connectivity index is 1.64. The first kappa shape index (κ1) is 23.1. The highest BCUT2D eigenvalue weighted by Crippen LogP contribution is 2.28. The van der Waals surface area contributed by atoms with E-state index in [-0.39, 0.29) is 11.3 Å². The predicted octanol–water partition coefficient (Wildman–Crippen LogP) is 4.41. The van der Waals surface area contributed by atoms with Gasteiger partial charge in [-0.25, -0.2) is 18.7 Å². The number of H-pyrrole nitrogens is 1. The van der Waals surface area contributed by atoms with Crippen molar-refractivity contribution in [1.29, 1.82) is 0 Å². The van der Waals surface area contributed by atoms with E-state index >= 15 is 0 Å². The molecule has 0 atom stereocenters. The maximum absolute atomic E-state index is 14.4. The Hall–Kier alpha value is -4.09. The number of aromatic amines is 1. The van der Waals surface area contributed by atoms with Crippen LogP contribution in [0.1, 0.15) is 35.5 Å². The van der Waals surface area contributed by atoms with E-state index in [0.717, 1.165) is 30.8 Å². The van der Waals surface area contributed by atoms with Crippen LogP contribution in [0, 0.1) is 23.5 Å². The molecule has 0 aliphatic carbocycles. The molecule has 0 amide bonds. The highest BCUT2D eigenvalue weighted by molar-refractivity contribution is 6.16. The van der Waals surface area contributed by atoms with Crippen LogP contribution in [0.25, 0.3) is 22.2 Å². The van der Waals surface area contributed by atoms with E-state index in [1.165, 1.54) is 6.20 Å². The van der Waals surface area contributed by atoms with E-state index < -0.39 is 23.0 Å². The van der Waals surface area contributed by atoms with Gasteiger partial charge in [0.05, 0.1) is 17.8 Å². The highest BCUT2D eigenvalue weighted by Gasteiger charge is 2.24. The fourth-order valence-corrected chi connectivity index (χ4v) is 3.59. The number of aromatic nitrogens is 3. The summed E-state index contributed by atoms with van der Waals surface area (Å²) >= 11 is 0. The monoisotopic (exact) mass is 459 g/mol. The summed E-state index contributed by atoms with van der Waals surface area (Å²) in [5, 5.41) is 0.437. The SMILES string of the molecule is CCN(CC)CC#Cc1ccc(-c2cnc3[nH]cc(C(=O)c4c(F)ccc(N)c4F)c3c2)cn1. The Morgan fingerprint density at radius 2 is 1.85 bits per heavy atom. The molecule has 0 unspecified atom stereocenters. The number of rotatable bonds is 6. The van der Waals surface area contributed by atoms with Gasteiger partial charge in [-0.2, -0.15) is 0 Å². The zero-order valence-corrected chi connectivity index (χ0v) is 18.8. The van der Waals surface area contributed by atoms with Gasteiger partial charge in [-0.1, -0.05) is 19.8 Å². The maximum atomic E-state index is 14.4. The second kappa shape index (κ2) is 9.81. The van der Waals surface area contributed by atoms with E-state index in [9.17, 15) is 13.6 Å². The number of carbonyl (C=O) groups excluding carboxylic acids is 1. The summed E-state index contributed by atoms with van der Waals surface area (Å²) in [5.74, 6) is 3.31. The van der Waals surface area contributed by atoms with Crippen molar-refractivity contribution in [3.05, 3.63) is 77.4 Å². The minimum absolute atomic E-state index is 0.0969. The van der Waals surface area contributed by atoms with Gasteiger partial charge in [-0.3, -0.25) is 9.69 Å². The van der Waals surface area contributed by atoms with Gasteiger partial charge in [0.1, 0.15) is 17.2 Å². The lowest BCUT2D eigenvalue weighted by atomic mass is 10.00. The van der Waals surface area contributed by atoms with Crippen LogP contribution in [0.3, 0.4) is 0 Å². The lowest BCUT2D eigenvalue weighted by Crippen LogP contribution is -2.22. The predicted molar refractivity (Wildman–Crippen MR) is 128 cm³/mol. The zero-order chi connectivity index (χ0) is 24.2. The van der Waals surface area contributed by atoms with Crippen LogP contribution in [0.15, 0.2) is 48.9 Å². The second-order valence-corrected chi connectivity index (χ2v) is 7.67. The fourth-order valence-electron chi connectivity index (χ4n) is 3.59. The fraction of sp³-hybridized carbons (Fsp3) is 0.192. The van der Waals surface area contributed by atoms with Gasteiger partial charge in [0.15, 0.2) is 5.82 Å². The van der Waals surface area contributed by atoms with Crippen LogP contribution in [-0.2, 0) is 0 Å². The Kier molecular flexibility index (Phi) is 6.66. The number of carbonyl (C=O) groups is 1. The number of hydrogen-bond acceptors (Lipinski definition) is 5. The molecule has 0 spiro atoms. The van der Waals surface area contributed by atoms with E-state index in [0.29, 0.717) is 28.8 Å². The number of nitrogens with two attached hydrogens (primary N) is 1. The van der Waals surface area contributed by atoms with Crippen LogP contribution >= 0.6 is 0 Å². The summed E-state index contributed by atoms with van der Waals surface area (Å²) in [5.41, 5.74) is 7.17. The average Bonchev–Trinajstić information content (AvgIpc) is 3.28. The molecule has 0 fully saturated rings. The molecule has 0 saturated carbocycles. The molecule has 0 saturated heterocycles. The first-order valence-electron chi connectivity index (χ1n) is 10.9. The van der Waals surface area contributed by atoms with E-state index in [4.69, 9.17) is 5.73 Å². The number of nitrogens with zero attached hydrogens (tertiary/aromatic N) is 3. The quantitative estimate of drug-likeness (QED) is 0.253. The summed E-state index contributed by atoms with van der Waals surface area (Å²) in [6, 6.07) is 7.47. The van der Waals surface area contributed by atoms with E-state index in [1.807, 2.05) is 12.1 Å². The Morgan fingerprint density at radius 3 is 2.56 bits per heavy atom. The minimum Gasteiger partial charge on any atom is -0.396 e. The van der Waals surface area contributed by atoms with Gasteiger partial charge in [0.2, 0.25) is 5.78 Å². The molecule has 0 radical (unpaired) electrons. The third kappa shape index (κ3) is 4.51. The summed E-state index contributed by atoms with van der Waals surface area (Å²) in [6.07, 6.45) is 4.70. The molecule has 4 aromatic rings. The highest BCUT2D eigenvalue weighted by atomic mass is 19.1. The lowest BCUT2D eigenvalue weighted by Gasteiger charge is -2.13. The van der Waals surface area contributed by atoms with Crippen LogP contribution in [0.5, 0.6) is 0 Å². The van der Waals surface area contributed by atoms with Gasteiger partial charge in [0.25, 0.3) is 0 Å². The van der Waals surface area contributed by atoms with Gasteiger partial charge in [-0.15, -0.1) is 0 Å². The first-order valence-corrected chi connectivity index (χ1v) is 10.9. The number of nitrogen functional groups attached to an aromatic ring is 1. The number of ketones is 1. The lowest BCUT2D eigenvalue weighted by molar-refractivity contribution is 0.103. The third-order valence-corrected chi connectivity index (χ3v) is 5.63. The normalized spacial score (nSPS) is 11.0. The van der Waals surface area contributed by atoms with Gasteiger partial charge >= 0.3 is 0 Å². The molecular formula is C26H23F2N5O. The molecule has 3 heterocycles. The van der Waals surface area contributed by atoms with Crippen LogP contribution in [0.2, 0.25) is 0 Å². The standard InChI is InChI=1S/C26H23F2N5O/c1-3-33(4-2)11-5-6-18-8-7-16(13-30-18)17-12-19-20(15-32-26(19)31-14-17)25(34)23-21(27)9-10-22(29)24(23)28/h7-10,12-15H,3-4,11,29H2,1-2H3,(H,31,32). The Bertz CT molecular complexity index is 1410. The van der Waals surface area contributed by atoms with Crippen molar-refractivity contribution in [2.24, 2.45) is 0 Å². The van der Waals surface area contributed by atoms with Crippen molar-refractivity contribution < 1.29 is 13.6 Å². The molecule has 0 aliphatic heterocycles. The molecule has 0 bridgehead atoms. The Morgan fingerprint density at radius 1 is 1.09 bits per heavy atom. The molecule has 172 valence electrons. The van der Waals surface area contributed by atoms with Crippen molar-refractivity contribution in [3.63, 3.8) is 0 Å². The van der Waals surface area contributed by atoms with Crippen LogP contribution in [0.4, 0.5) is 14.5 Å². The summed E-state index contributed by atoms with van der Waals surface area (Å²) in [4.78, 5) is 26.8. The maximum Gasteiger partial charge on any atom is 0.201 e. The smallest absolute Gasteiger partial charge is 0.201 e. The van der Waals surface area contributed by atoms with Gasteiger partial charge in [-0.05, 0) is 49.3 Å². The number of hydrogen-bond donors (Lipinski definition) is 2. The van der Waals surface area contributed by atoms with Gasteiger partial charge in [0, 0.05) is 40.7 Å². The van der Waals surface area contributed by atoms with Crippen molar-refractivity contribution in [3.8, 4) is 23.0 Å². The average molecular weight is 460 g/mol. The van der Waals surface area contributed by atoms with Crippen molar-refractivity contribution in [2.45, 2.75) is 13.8 Å². The van der Waals surface area contributed by atoms with Crippen LogP contribution in [-0.4, -0.2) is 45.3 Å². The van der Waals surface area contributed by atoms with E-state index in [2.05, 4.69) is 45.5 Å². The molecule has 3 aromatic heterocycles. The topological polar surface area (TPSA) is 87.9 Å². The molecule has 3 N–H and O–H groups in total. The largest absolute Gasteiger partial charge is 0.396 e. The number of anilines is 1. The number of benzene rings is 1. The minimum atomic E-state index is -1.08. The molecule has 1 aromatic carbocycles. The van der Waals surface area contributed by atoms with Crippen molar-refractivity contribution >= 4 is 22.5 Å².